The molecular formula is C12H23NO2. The van der Waals surface area contributed by atoms with Gasteiger partial charge in [-0.1, -0.05) is 6.92 Å². The number of hydrogen-bond acceptors (Lipinski definition) is 3. The first-order chi connectivity index (χ1) is 7.29. The molecule has 2 heterocycles. The summed E-state index contributed by atoms with van der Waals surface area (Å²) >= 11 is 0. The highest BCUT2D eigenvalue weighted by Gasteiger charge is 2.32. The van der Waals surface area contributed by atoms with Gasteiger partial charge in [-0.2, -0.15) is 0 Å². The monoisotopic (exact) mass is 213 g/mol. The van der Waals surface area contributed by atoms with E-state index in [2.05, 4.69) is 12.2 Å². The lowest BCUT2D eigenvalue weighted by Gasteiger charge is -2.38. The molecule has 0 spiro atoms. The summed E-state index contributed by atoms with van der Waals surface area (Å²) in [7, 11) is 0. The number of nitrogens with one attached hydrogen (secondary N) is 1. The first-order valence-electron chi connectivity index (χ1n) is 6.19. The fraction of sp³-hybridized carbons (Fsp3) is 1.00. The average molecular weight is 213 g/mol. The first-order valence-corrected chi connectivity index (χ1v) is 6.19. The van der Waals surface area contributed by atoms with E-state index in [9.17, 15) is 0 Å². The van der Waals surface area contributed by atoms with Gasteiger partial charge >= 0.3 is 0 Å². The van der Waals surface area contributed by atoms with E-state index in [1.165, 1.54) is 25.7 Å². The van der Waals surface area contributed by atoms with E-state index in [1.54, 1.807) is 0 Å². The second kappa shape index (κ2) is 5.28. The lowest BCUT2D eigenvalue weighted by molar-refractivity contribution is -0.0989. The number of ether oxygens (including phenoxy) is 2. The Hall–Kier alpha value is -0.120. The van der Waals surface area contributed by atoms with Crippen LogP contribution in [0.25, 0.3) is 0 Å². The summed E-state index contributed by atoms with van der Waals surface area (Å²) in [6.07, 6.45) is 5.54. The van der Waals surface area contributed by atoms with E-state index in [0.717, 1.165) is 32.9 Å². The van der Waals surface area contributed by atoms with E-state index in [0.29, 0.717) is 11.5 Å². The fourth-order valence-electron chi connectivity index (χ4n) is 2.27. The largest absolute Gasteiger partial charge is 0.380 e. The van der Waals surface area contributed by atoms with E-state index in [1.807, 2.05) is 0 Å². The lowest BCUT2D eigenvalue weighted by atomic mass is 9.89. The summed E-state index contributed by atoms with van der Waals surface area (Å²) in [5.41, 5.74) is 0.407. The molecule has 15 heavy (non-hydrogen) atoms. The van der Waals surface area contributed by atoms with Gasteiger partial charge in [0.05, 0.1) is 19.3 Å². The van der Waals surface area contributed by atoms with Crippen molar-refractivity contribution in [1.82, 2.24) is 5.32 Å². The van der Waals surface area contributed by atoms with Crippen molar-refractivity contribution in [2.24, 2.45) is 5.41 Å². The zero-order chi connectivity index (χ0) is 10.6. The van der Waals surface area contributed by atoms with Gasteiger partial charge in [-0.05, 0) is 32.2 Å². The third-order valence-corrected chi connectivity index (χ3v) is 3.36. The Bertz CT molecular complexity index is 186. The third-order valence-electron chi connectivity index (χ3n) is 3.36. The highest BCUT2D eigenvalue weighted by Crippen LogP contribution is 2.25. The quantitative estimate of drug-likeness (QED) is 0.679. The molecule has 2 rings (SSSR count). The zero-order valence-electron chi connectivity index (χ0n) is 9.76. The van der Waals surface area contributed by atoms with Crippen molar-refractivity contribution in [2.45, 2.75) is 38.7 Å². The molecular weight excluding hydrogens is 190 g/mol. The standard InChI is InChI=1S/C12H23NO2/c1-12(9-14-10-12)8-13-6-2-4-11-5-3-7-15-11/h11,13H,2-10H2,1H3. The predicted molar refractivity (Wildman–Crippen MR) is 60.0 cm³/mol. The van der Waals surface area contributed by atoms with Gasteiger partial charge in [0.1, 0.15) is 0 Å². The van der Waals surface area contributed by atoms with Crippen molar-refractivity contribution >= 4 is 0 Å². The van der Waals surface area contributed by atoms with Gasteiger partial charge in [0.25, 0.3) is 0 Å². The Kier molecular flexibility index (Phi) is 4.00. The van der Waals surface area contributed by atoms with Gasteiger partial charge in [0.2, 0.25) is 0 Å². The van der Waals surface area contributed by atoms with Crippen LogP contribution in [0.15, 0.2) is 0 Å². The molecule has 2 fully saturated rings. The van der Waals surface area contributed by atoms with Gasteiger partial charge in [-0.3, -0.25) is 0 Å². The summed E-state index contributed by atoms with van der Waals surface area (Å²) in [6.45, 7) is 7.32. The molecule has 2 saturated heterocycles. The van der Waals surface area contributed by atoms with Crippen molar-refractivity contribution in [3.63, 3.8) is 0 Å². The van der Waals surface area contributed by atoms with Crippen molar-refractivity contribution in [1.29, 1.82) is 0 Å². The van der Waals surface area contributed by atoms with Crippen LogP contribution in [0, 0.1) is 5.41 Å². The Morgan fingerprint density at radius 1 is 1.40 bits per heavy atom. The minimum absolute atomic E-state index is 0.407. The Morgan fingerprint density at radius 3 is 2.87 bits per heavy atom. The predicted octanol–water partition coefficient (Wildman–Crippen LogP) is 1.57. The Morgan fingerprint density at radius 2 is 2.27 bits per heavy atom. The molecule has 0 amide bonds. The minimum atomic E-state index is 0.407. The van der Waals surface area contributed by atoms with Crippen molar-refractivity contribution in [2.75, 3.05) is 32.9 Å². The van der Waals surface area contributed by atoms with Crippen LogP contribution in [-0.2, 0) is 9.47 Å². The molecule has 3 heteroatoms. The molecule has 1 N–H and O–H groups in total. The minimum Gasteiger partial charge on any atom is -0.380 e. The molecule has 3 nitrogen and oxygen atoms in total. The third kappa shape index (κ3) is 3.44. The summed E-state index contributed by atoms with van der Waals surface area (Å²) in [4.78, 5) is 0. The van der Waals surface area contributed by atoms with Crippen LogP contribution in [0.3, 0.4) is 0 Å². The maximum atomic E-state index is 5.58. The second-order valence-electron chi connectivity index (χ2n) is 5.26. The van der Waals surface area contributed by atoms with Crippen LogP contribution in [-0.4, -0.2) is 39.0 Å². The van der Waals surface area contributed by atoms with Crippen molar-refractivity contribution in [3.8, 4) is 0 Å². The van der Waals surface area contributed by atoms with Gasteiger partial charge in [-0.15, -0.1) is 0 Å². The molecule has 2 aliphatic heterocycles. The van der Waals surface area contributed by atoms with Crippen LogP contribution < -0.4 is 5.32 Å². The van der Waals surface area contributed by atoms with Crippen molar-refractivity contribution < 1.29 is 9.47 Å². The van der Waals surface area contributed by atoms with E-state index in [4.69, 9.17) is 9.47 Å². The van der Waals surface area contributed by atoms with Gasteiger partial charge < -0.3 is 14.8 Å². The molecule has 0 aromatic carbocycles. The second-order valence-corrected chi connectivity index (χ2v) is 5.26. The van der Waals surface area contributed by atoms with E-state index < -0.39 is 0 Å². The molecule has 1 atom stereocenters. The Balaban J connectivity index is 1.44. The Labute approximate surface area is 92.5 Å². The number of rotatable bonds is 6. The summed E-state index contributed by atoms with van der Waals surface area (Å²) in [5, 5.41) is 3.52. The van der Waals surface area contributed by atoms with Crippen LogP contribution in [0.5, 0.6) is 0 Å². The van der Waals surface area contributed by atoms with E-state index >= 15 is 0 Å². The smallest absolute Gasteiger partial charge is 0.0576 e. The van der Waals surface area contributed by atoms with Crippen LogP contribution in [0.1, 0.15) is 32.6 Å². The molecule has 0 aromatic heterocycles. The van der Waals surface area contributed by atoms with Crippen LogP contribution in [0.2, 0.25) is 0 Å². The maximum absolute atomic E-state index is 5.58. The molecule has 0 saturated carbocycles. The topological polar surface area (TPSA) is 30.5 Å². The molecule has 0 bridgehead atoms. The molecule has 1 unspecified atom stereocenters. The summed E-state index contributed by atoms with van der Waals surface area (Å²) < 4.78 is 10.8. The van der Waals surface area contributed by atoms with Gasteiger partial charge in [0.15, 0.2) is 0 Å². The van der Waals surface area contributed by atoms with E-state index in [-0.39, 0.29) is 0 Å². The number of hydrogen-bond donors (Lipinski definition) is 1. The zero-order valence-corrected chi connectivity index (χ0v) is 9.76. The summed E-state index contributed by atoms with van der Waals surface area (Å²) in [6, 6.07) is 0. The van der Waals surface area contributed by atoms with Gasteiger partial charge in [0, 0.05) is 18.6 Å². The SMILES string of the molecule is CC1(CNCCCC2CCCO2)COC1. The molecule has 0 aromatic rings. The molecule has 0 aliphatic carbocycles. The fourth-order valence-corrected chi connectivity index (χ4v) is 2.27. The van der Waals surface area contributed by atoms with Crippen molar-refractivity contribution in [3.05, 3.63) is 0 Å². The molecule has 0 radical (unpaired) electrons. The highest BCUT2D eigenvalue weighted by atomic mass is 16.5. The maximum Gasteiger partial charge on any atom is 0.0576 e. The van der Waals surface area contributed by atoms with Crippen LogP contribution in [0.4, 0.5) is 0 Å². The first kappa shape index (κ1) is 11.4. The highest BCUT2D eigenvalue weighted by molar-refractivity contribution is 4.82. The average Bonchev–Trinajstić information content (AvgIpc) is 2.67. The normalized spacial score (nSPS) is 29.0. The lowest BCUT2D eigenvalue weighted by Crippen LogP contribution is -2.47. The molecule has 2 aliphatic rings. The summed E-state index contributed by atoms with van der Waals surface area (Å²) in [5.74, 6) is 0. The molecule has 88 valence electrons. The van der Waals surface area contributed by atoms with Gasteiger partial charge in [-0.25, -0.2) is 0 Å². The van der Waals surface area contributed by atoms with Crippen LogP contribution >= 0.6 is 0 Å².